The van der Waals surface area contributed by atoms with Crippen molar-refractivity contribution in [1.29, 1.82) is 0 Å². The van der Waals surface area contributed by atoms with Crippen molar-refractivity contribution < 1.29 is 27.9 Å². The first kappa shape index (κ1) is 19.7. The fourth-order valence-corrected chi connectivity index (χ4v) is 3.14. The highest BCUT2D eigenvalue weighted by Gasteiger charge is 2.23. The molecule has 2 aromatic heterocycles. The minimum atomic E-state index is -0.482. The van der Waals surface area contributed by atoms with Crippen LogP contribution in [0.2, 0.25) is 0 Å². The van der Waals surface area contributed by atoms with E-state index >= 15 is 0 Å². The van der Waals surface area contributed by atoms with Crippen molar-refractivity contribution in [2.45, 2.75) is 26.9 Å². The zero-order chi connectivity index (χ0) is 20.3. The van der Waals surface area contributed by atoms with E-state index in [-0.39, 0.29) is 12.4 Å². The Labute approximate surface area is 162 Å². The van der Waals surface area contributed by atoms with Gasteiger partial charge in [0, 0.05) is 17.5 Å². The van der Waals surface area contributed by atoms with Gasteiger partial charge < -0.3 is 18.3 Å². The summed E-state index contributed by atoms with van der Waals surface area (Å²) in [5, 5.41) is 0.864. The van der Waals surface area contributed by atoms with Gasteiger partial charge in [0.1, 0.15) is 22.7 Å². The third-order valence-corrected chi connectivity index (χ3v) is 4.39. The third kappa shape index (κ3) is 3.94. The maximum absolute atomic E-state index is 12.3. The molecule has 28 heavy (non-hydrogen) atoms. The van der Waals surface area contributed by atoms with Gasteiger partial charge in [0.2, 0.25) is 5.76 Å². The van der Waals surface area contributed by atoms with E-state index in [1.165, 1.54) is 7.11 Å². The molecule has 0 aliphatic rings. The molecule has 0 aliphatic carbocycles. The average molecular weight is 385 g/mol. The molecule has 0 aliphatic heterocycles. The van der Waals surface area contributed by atoms with Crippen LogP contribution in [0.1, 0.15) is 44.9 Å². The maximum atomic E-state index is 12.3. The summed E-state index contributed by atoms with van der Waals surface area (Å²) in [4.78, 5) is 26.1. The van der Waals surface area contributed by atoms with Gasteiger partial charge in [-0.25, -0.2) is 9.59 Å². The number of hydrogen-bond acceptors (Lipinski definition) is 7. The van der Waals surface area contributed by atoms with Crippen LogP contribution in [0.15, 0.2) is 39.2 Å². The SMILES string of the molecule is CCOC(=O)c1oc2ccccc2c1CN(C)Cc1cc(C(=O)OC)c(C)o1. The van der Waals surface area contributed by atoms with Gasteiger partial charge in [-0.1, -0.05) is 18.2 Å². The number of carbonyl (C=O) groups excluding carboxylic acids is 2. The number of aryl methyl sites for hydroxylation is 1. The number of benzene rings is 1. The lowest BCUT2D eigenvalue weighted by molar-refractivity contribution is 0.0489. The molecular formula is C21H23NO6. The van der Waals surface area contributed by atoms with Gasteiger partial charge in [0.05, 0.1) is 20.3 Å². The topological polar surface area (TPSA) is 82.1 Å². The Morgan fingerprint density at radius 3 is 2.57 bits per heavy atom. The monoisotopic (exact) mass is 385 g/mol. The quantitative estimate of drug-likeness (QED) is 0.570. The highest BCUT2D eigenvalue weighted by molar-refractivity contribution is 5.96. The number of rotatable bonds is 7. The fraction of sp³-hybridized carbons (Fsp3) is 0.333. The number of esters is 2. The molecule has 0 N–H and O–H groups in total. The molecule has 7 heteroatoms. The first-order valence-electron chi connectivity index (χ1n) is 8.98. The van der Waals surface area contributed by atoms with Gasteiger partial charge in [-0.15, -0.1) is 0 Å². The third-order valence-electron chi connectivity index (χ3n) is 4.39. The molecule has 3 rings (SSSR count). The average Bonchev–Trinajstić information content (AvgIpc) is 3.22. The van der Waals surface area contributed by atoms with E-state index in [1.807, 2.05) is 36.2 Å². The van der Waals surface area contributed by atoms with Gasteiger partial charge in [-0.2, -0.15) is 0 Å². The molecule has 0 saturated heterocycles. The summed E-state index contributed by atoms with van der Waals surface area (Å²) in [6, 6.07) is 9.16. The van der Waals surface area contributed by atoms with E-state index in [0.29, 0.717) is 35.8 Å². The van der Waals surface area contributed by atoms with E-state index in [1.54, 1.807) is 19.9 Å². The van der Waals surface area contributed by atoms with Crippen molar-refractivity contribution in [2.24, 2.45) is 0 Å². The van der Waals surface area contributed by atoms with Crippen LogP contribution in [0.3, 0.4) is 0 Å². The summed E-state index contributed by atoms with van der Waals surface area (Å²) in [5.41, 5.74) is 1.80. The predicted molar refractivity (Wildman–Crippen MR) is 102 cm³/mol. The molecule has 0 fully saturated rings. The second-order valence-corrected chi connectivity index (χ2v) is 6.47. The number of ether oxygens (including phenoxy) is 2. The second kappa shape index (κ2) is 8.31. The van der Waals surface area contributed by atoms with Gasteiger partial charge in [-0.3, -0.25) is 4.90 Å². The van der Waals surface area contributed by atoms with E-state index < -0.39 is 11.9 Å². The second-order valence-electron chi connectivity index (χ2n) is 6.47. The molecule has 2 heterocycles. The van der Waals surface area contributed by atoms with Crippen LogP contribution in [0.25, 0.3) is 11.0 Å². The van der Waals surface area contributed by atoms with Crippen LogP contribution in [0, 0.1) is 6.92 Å². The van der Waals surface area contributed by atoms with Gasteiger partial charge in [0.15, 0.2) is 0 Å². The fourth-order valence-electron chi connectivity index (χ4n) is 3.14. The van der Waals surface area contributed by atoms with E-state index in [4.69, 9.17) is 18.3 Å². The summed E-state index contributed by atoms with van der Waals surface area (Å²) in [5.74, 6) is 0.437. The van der Waals surface area contributed by atoms with Crippen molar-refractivity contribution >= 4 is 22.9 Å². The standard InChI is InChI=1S/C21H23NO6/c1-5-26-21(24)19-17(15-8-6-7-9-18(15)28-19)12-22(3)11-14-10-16(13(2)27-14)20(23)25-4/h6-10H,5,11-12H2,1-4H3. The molecule has 0 amide bonds. The summed E-state index contributed by atoms with van der Waals surface area (Å²) in [6.07, 6.45) is 0. The number of fused-ring (bicyclic) bond motifs is 1. The number of hydrogen-bond donors (Lipinski definition) is 0. The normalized spacial score (nSPS) is 11.2. The Kier molecular flexibility index (Phi) is 5.84. The van der Waals surface area contributed by atoms with Crippen molar-refractivity contribution in [3.8, 4) is 0 Å². The predicted octanol–water partition coefficient (Wildman–Crippen LogP) is 3.93. The minimum absolute atomic E-state index is 0.209. The summed E-state index contributed by atoms with van der Waals surface area (Å²) in [6.45, 7) is 4.63. The molecule has 0 unspecified atom stereocenters. The summed E-state index contributed by atoms with van der Waals surface area (Å²) >= 11 is 0. The minimum Gasteiger partial charge on any atom is -0.465 e. The Bertz CT molecular complexity index is 1000. The van der Waals surface area contributed by atoms with E-state index in [2.05, 4.69) is 0 Å². The lowest BCUT2D eigenvalue weighted by Crippen LogP contribution is -2.18. The van der Waals surface area contributed by atoms with Gasteiger partial charge in [0.25, 0.3) is 0 Å². The van der Waals surface area contributed by atoms with Crippen LogP contribution < -0.4 is 0 Å². The molecule has 0 saturated carbocycles. The van der Waals surface area contributed by atoms with Gasteiger partial charge >= 0.3 is 11.9 Å². The van der Waals surface area contributed by atoms with Crippen LogP contribution in [0.4, 0.5) is 0 Å². The number of methoxy groups -OCH3 is 1. The number of para-hydroxylation sites is 1. The lowest BCUT2D eigenvalue weighted by atomic mass is 10.1. The van der Waals surface area contributed by atoms with Crippen LogP contribution in [-0.4, -0.2) is 37.6 Å². The molecule has 0 spiro atoms. The van der Waals surface area contributed by atoms with E-state index in [0.717, 1.165) is 10.9 Å². The molecule has 1 aromatic carbocycles. The largest absolute Gasteiger partial charge is 0.465 e. The Hall–Kier alpha value is -3.06. The van der Waals surface area contributed by atoms with Crippen molar-refractivity contribution in [2.75, 3.05) is 20.8 Å². The first-order chi connectivity index (χ1) is 13.4. The van der Waals surface area contributed by atoms with Crippen molar-refractivity contribution in [3.63, 3.8) is 0 Å². The summed E-state index contributed by atoms with van der Waals surface area (Å²) < 4.78 is 21.3. The number of nitrogens with zero attached hydrogens (tertiary/aromatic N) is 1. The number of furan rings is 2. The van der Waals surface area contributed by atoms with Crippen LogP contribution in [0.5, 0.6) is 0 Å². The Balaban J connectivity index is 1.85. The maximum Gasteiger partial charge on any atom is 0.374 e. The molecule has 0 bridgehead atoms. The Morgan fingerprint density at radius 1 is 1.11 bits per heavy atom. The zero-order valence-corrected chi connectivity index (χ0v) is 16.4. The zero-order valence-electron chi connectivity index (χ0n) is 16.4. The van der Waals surface area contributed by atoms with Crippen LogP contribution >= 0.6 is 0 Å². The summed E-state index contributed by atoms with van der Waals surface area (Å²) in [7, 11) is 3.23. The molecule has 148 valence electrons. The molecule has 0 radical (unpaired) electrons. The van der Waals surface area contributed by atoms with Gasteiger partial charge in [-0.05, 0) is 33.0 Å². The first-order valence-corrected chi connectivity index (χ1v) is 8.98. The number of carbonyl (C=O) groups is 2. The van der Waals surface area contributed by atoms with Crippen molar-refractivity contribution in [3.05, 3.63) is 58.7 Å². The smallest absolute Gasteiger partial charge is 0.374 e. The Morgan fingerprint density at radius 2 is 1.86 bits per heavy atom. The highest BCUT2D eigenvalue weighted by Crippen LogP contribution is 2.28. The van der Waals surface area contributed by atoms with E-state index in [9.17, 15) is 9.59 Å². The molecule has 0 atom stereocenters. The van der Waals surface area contributed by atoms with Crippen LogP contribution in [-0.2, 0) is 22.6 Å². The highest BCUT2D eigenvalue weighted by atomic mass is 16.5. The molecule has 3 aromatic rings. The molecular weight excluding hydrogens is 362 g/mol. The molecule has 7 nitrogen and oxygen atoms in total. The van der Waals surface area contributed by atoms with Crippen molar-refractivity contribution in [1.82, 2.24) is 4.90 Å². The lowest BCUT2D eigenvalue weighted by Gasteiger charge is -2.15.